The molecule has 0 saturated heterocycles. The van der Waals surface area contributed by atoms with Crippen LogP contribution >= 0.6 is 0 Å². The normalized spacial score (nSPS) is 10.4. The number of rotatable bonds is 6. The zero-order chi connectivity index (χ0) is 13.7. The Balaban J connectivity index is 2.61. The predicted molar refractivity (Wildman–Crippen MR) is 66.2 cm³/mol. The molecule has 0 aliphatic rings. The van der Waals surface area contributed by atoms with Crippen LogP contribution in [0.1, 0.15) is 26.0 Å². The number of nitro groups is 1. The fraction of sp³-hybridized carbons (Fsp3) is 0.636. The van der Waals surface area contributed by atoms with Gasteiger partial charge in [-0.25, -0.2) is 0 Å². The molecular weight excluding hydrogens is 236 g/mol. The van der Waals surface area contributed by atoms with Crippen molar-refractivity contribution in [1.82, 2.24) is 14.7 Å². The third-order valence-corrected chi connectivity index (χ3v) is 2.79. The molecule has 0 aliphatic carbocycles. The van der Waals surface area contributed by atoms with E-state index in [0.717, 1.165) is 0 Å². The monoisotopic (exact) mass is 254 g/mol. The molecule has 18 heavy (non-hydrogen) atoms. The van der Waals surface area contributed by atoms with Crippen LogP contribution in [0.5, 0.6) is 0 Å². The molecule has 0 fully saturated rings. The SMILES string of the molecule is CCN(CC)C(=O)CCn1cc([N+](=O)[O-])c(C)n1. The van der Waals surface area contributed by atoms with Gasteiger partial charge in [0, 0.05) is 26.1 Å². The highest BCUT2D eigenvalue weighted by Gasteiger charge is 2.16. The van der Waals surface area contributed by atoms with Crippen molar-refractivity contribution in [2.45, 2.75) is 33.7 Å². The smallest absolute Gasteiger partial charge is 0.309 e. The van der Waals surface area contributed by atoms with Crippen molar-refractivity contribution in [2.24, 2.45) is 0 Å². The van der Waals surface area contributed by atoms with Crippen LogP contribution in [0, 0.1) is 17.0 Å². The van der Waals surface area contributed by atoms with Crippen molar-refractivity contribution >= 4 is 11.6 Å². The van der Waals surface area contributed by atoms with Gasteiger partial charge in [0.05, 0.1) is 4.92 Å². The average Bonchev–Trinajstić information content (AvgIpc) is 2.69. The summed E-state index contributed by atoms with van der Waals surface area (Å²) in [6.07, 6.45) is 1.67. The highest BCUT2D eigenvalue weighted by atomic mass is 16.6. The van der Waals surface area contributed by atoms with E-state index in [0.29, 0.717) is 31.7 Å². The van der Waals surface area contributed by atoms with Gasteiger partial charge < -0.3 is 4.90 Å². The summed E-state index contributed by atoms with van der Waals surface area (Å²) in [4.78, 5) is 23.7. The first kappa shape index (κ1) is 14.1. The van der Waals surface area contributed by atoms with Gasteiger partial charge in [-0.2, -0.15) is 5.10 Å². The number of aromatic nitrogens is 2. The van der Waals surface area contributed by atoms with Crippen molar-refractivity contribution in [2.75, 3.05) is 13.1 Å². The maximum atomic E-state index is 11.8. The summed E-state index contributed by atoms with van der Waals surface area (Å²) in [5.74, 6) is 0.0378. The van der Waals surface area contributed by atoms with Gasteiger partial charge in [0.2, 0.25) is 5.91 Å². The minimum Gasteiger partial charge on any atom is -0.343 e. The standard InChI is InChI=1S/C11H18N4O3/c1-4-13(5-2)11(16)6-7-14-8-10(15(17)18)9(3)12-14/h8H,4-7H2,1-3H3. The van der Waals surface area contributed by atoms with Gasteiger partial charge in [0.1, 0.15) is 11.9 Å². The highest BCUT2D eigenvalue weighted by molar-refractivity contribution is 5.75. The van der Waals surface area contributed by atoms with E-state index in [2.05, 4.69) is 5.10 Å². The van der Waals surface area contributed by atoms with Crippen LogP contribution in [0.15, 0.2) is 6.20 Å². The van der Waals surface area contributed by atoms with Crippen LogP contribution in [-0.4, -0.2) is 38.6 Å². The zero-order valence-corrected chi connectivity index (χ0v) is 10.9. The van der Waals surface area contributed by atoms with Gasteiger partial charge >= 0.3 is 5.69 Å². The van der Waals surface area contributed by atoms with E-state index in [1.807, 2.05) is 13.8 Å². The topological polar surface area (TPSA) is 81.3 Å². The van der Waals surface area contributed by atoms with E-state index < -0.39 is 4.92 Å². The van der Waals surface area contributed by atoms with E-state index in [1.165, 1.54) is 10.9 Å². The van der Waals surface area contributed by atoms with E-state index in [-0.39, 0.29) is 11.6 Å². The Hall–Kier alpha value is -1.92. The summed E-state index contributed by atoms with van der Waals surface area (Å²) in [7, 11) is 0. The summed E-state index contributed by atoms with van der Waals surface area (Å²) in [6.45, 7) is 7.14. The first-order valence-corrected chi connectivity index (χ1v) is 5.95. The molecule has 7 nitrogen and oxygen atoms in total. The van der Waals surface area contributed by atoms with E-state index in [1.54, 1.807) is 11.8 Å². The second-order valence-electron chi connectivity index (χ2n) is 3.94. The van der Waals surface area contributed by atoms with Gasteiger partial charge in [0.25, 0.3) is 0 Å². The Kier molecular flexibility index (Phi) is 4.82. The quantitative estimate of drug-likeness (QED) is 0.567. The molecule has 0 bridgehead atoms. The molecule has 1 aromatic heterocycles. The Morgan fingerprint density at radius 2 is 2.11 bits per heavy atom. The largest absolute Gasteiger partial charge is 0.343 e. The van der Waals surface area contributed by atoms with Crippen LogP contribution in [0.2, 0.25) is 0 Å². The Morgan fingerprint density at radius 1 is 1.50 bits per heavy atom. The molecule has 0 N–H and O–H groups in total. The minimum absolute atomic E-state index is 0.00899. The summed E-state index contributed by atoms with van der Waals surface area (Å²) in [5.41, 5.74) is 0.362. The van der Waals surface area contributed by atoms with E-state index >= 15 is 0 Å². The van der Waals surface area contributed by atoms with Crippen molar-refractivity contribution in [3.63, 3.8) is 0 Å². The molecule has 0 aliphatic heterocycles. The highest BCUT2D eigenvalue weighted by Crippen LogP contribution is 2.15. The number of hydrogen-bond acceptors (Lipinski definition) is 4. The Bertz CT molecular complexity index is 437. The fourth-order valence-electron chi connectivity index (χ4n) is 1.75. The first-order chi connectivity index (χ1) is 8.49. The number of nitrogens with zero attached hydrogens (tertiary/aromatic N) is 4. The number of carbonyl (C=O) groups excluding carboxylic acids is 1. The molecule has 1 heterocycles. The molecule has 0 saturated carbocycles. The lowest BCUT2D eigenvalue weighted by Crippen LogP contribution is -2.31. The lowest BCUT2D eigenvalue weighted by atomic mass is 10.3. The lowest BCUT2D eigenvalue weighted by Gasteiger charge is -2.18. The molecule has 100 valence electrons. The molecule has 7 heteroatoms. The summed E-state index contributed by atoms with van der Waals surface area (Å²) in [6, 6.07) is 0. The third kappa shape index (κ3) is 3.28. The van der Waals surface area contributed by atoms with Crippen LogP contribution in [-0.2, 0) is 11.3 Å². The van der Waals surface area contributed by atoms with Crippen LogP contribution in [0.3, 0.4) is 0 Å². The zero-order valence-electron chi connectivity index (χ0n) is 10.9. The summed E-state index contributed by atoms with van der Waals surface area (Å²) < 4.78 is 1.45. The maximum absolute atomic E-state index is 11.8. The van der Waals surface area contributed by atoms with Gasteiger partial charge in [-0.15, -0.1) is 0 Å². The molecule has 1 aromatic rings. The van der Waals surface area contributed by atoms with Crippen molar-refractivity contribution < 1.29 is 9.72 Å². The summed E-state index contributed by atoms with van der Waals surface area (Å²) >= 11 is 0. The van der Waals surface area contributed by atoms with Gasteiger partial charge in [-0.05, 0) is 20.8 Å². The Morgan fingerprint density at radius 3 is 2.56 bits per heavy atom. The molecule has 0 unspecified atom stereocenters. The van der Waals surface area contributed by atoms with Crippen LogP contribution in [0.25, 0.3) is 0 Å². The van der Waals surface area contributed by atoms with E-state index in [4.69, 9.17) is 0 Å². The summed E-state index contributed by atoms with van der Waals surface area (Å²) in [5, 5.41) is 14.7. The second-order valence-corrected chi connectivity index (χ2v) is 3.94. The molecule has 1 rings (SSSR count). The molecule has 0 atom stereocenters. The minimum atomic E-state index is -0.467. The number of carbonyl (C=O) groups is 1. The fourth-order valence-corrected chi connectivity index (χ4v) is 1.75. The first-order valence-electron chi connectivity index (χ1n) is 5.95. The average molecular weight is 254 g/mol. The number of aryl methyl sites for hydroxylation is 2. The number of hydrogen-bond donors (Lipinski definition) is 0. The second kappa shape index (κ2) is 6.13. The van der Waals surface area contributed by atoms with Gasteiger partial charge in [-0.1, -0.05) is 0 Å². The van der Waals surface area contributed by atoms with Crippen LogP contribution < -0.4 is 0 Å². The van der Waals surface area contributed by atoms with Gasteiger partial charge in [-0.3, -0.25) is 19.6 Å². The van der Waals surface area contributed by atoms with Gasteiger partial charge in [0.15, 0.2) is 0 Å². The molecular formula is C11H18N4O3. The van der Waals surface area contributed by atoms with Crippen molar-refractivity contribution in [1.29, 1.82) is 0 Å². The van der Waals surface area contributed by atoms with Crippen LogP contribution in [0.4, 0.5) is 5.69 Å². The lowest BCUT2D eigenvalue weighted by molar-refractivity contribution is -0.385. The maximum Gasteiger partial charge on any atom is 0.309 e. The number of amides is 1. The molecule has 0 radical (unpaired) electrons. The molecule has 0 aromatic carbocycles. The Labute approximate surface area is 106 Å². The van der Waals surface area contributed by atoms with Crippen molar-refractivity contribution in [3.05, 3.63) is 22.0 Å². The molecule has 1 amide bonds. The van der Waals surface area contributed by atoms with Crippen molar-refractivity contribution in [3.8, 4) is 0 Å². The third-order valence-electron chi connectivity index (χ3n) is 2.79. The predicted octanol–water partition coefficient (Wildman–Crippen LogP) is 1.36. The van der Waals surface area contributed by atoms with E-state index in [9.17, 15) is 14.9 Å². The molecule has 0 spiro atoms.